The van der Waals surface area contributed by atoms with Gasteiger partial charge in [0.25, 0.3) is 0 Å². The number of thiophene rings is 2. The summed E-state index contributed by atoms with van der Waals surface area (Å²) < 4.78 is 12.4. The van der Waals surface area contributed by atoms with E-state index < -0.39 is 0 Å². The Hall–Kier alpha value is -11.3. The fraction of sp³-hybridized carbons (Fsp3) is 0. The molecule has 0 bridgehead atoms. The molecule has 0 radical (unpaired) electrons. The molecule has 414 valence electrons. The van der Waals surface area contributed by atoms with E-state index in [4.69, 9.17) is 15.0 Å². The van der Waals surface area contributed by atoms with Crippen LogP contribution in [0.15, 0.2) is 291 Å². The summed E-state index contributed by atoms with van der Waals surface area (Å²) in [6.07, 6.45) is 0. The van der Waals surface area contributed by atoms with Crippen LogP contribution in [0.2, 0.25) is 0 Å². The number of hydrogen-bond acceptors (Lipinski definition) is 5. The summed E-state index contributed by atoms with van der Waals surface area (Å²) in [5, 5.41) is 12.1. The van der Waals surface area contributed by atoms with E-state index in [1.54, 1.807) is 22.7 Å². The lowest BCUT2D eigenvalue weighted by atomic mass is 9.92. The first kappa shape index (κ1) is 49.9. The summed E-state index contributed by atoms with van der Waals surface area (Å²) in [6.45, 7) is 0. The van der Waals surface area contributed by atoms with Gasteiger partial charge in [0.15, 0.2) is 17.5 Å². The van der Waals surface area contributed by atoms with E-state index in [1.807, 2.05) is 0 Å². The van der Waals surface area contributed by atoms with Gasteiger partial charge < -0.3 is 13.7 Å². The molecule has 19 aromatic rings. The topological polar surface area (TPSA) is 53.5 Å². The third-order valence-electron chi connectivity index (χ3n) is 18.1. The zero-order valence-electron chi connectivity index (χ0n) is 47.7. The number of benzene rings is 13. The van der Waals surface area contributed by atoms with Crippen molar-refractivity contribution in [1.82, 2.24) is 28.7 Å². The zero-order chi connectivity index (χ0) is 58.3. The number of hydrogen-bond donors (Lipinski definition) is 0. The molecule has 0 aliphatic carbocycles. The number of fused-ring (bicyclic) bond motifs is 17. The van der Waals surface area contributed by atoms with Crippen molar-refractivity contribution in [3.63, 3.8) is 0 Å². The lowest BCUT2D eigenvalue weighted by Gasteiger charge is -2.21. The van der Waals surface area contributed by atoms with E-state index in [-0.39, 0.29) is 0 Å². The molecule has 0 atom stereocenters. The smallest absolute Gasteiger partial charge is 0.164 e. The van der Waals surface area contributed by atoms with Crippen LogP contribution < -0.4 is 0 Å². The molecule has 19 rings (SSSR count). The third kappa shape index (κ3) is 7.64. The van der Waals surface area contributed by atoms with Gasteiger partial charge in [-0.25, -0.2) is 15.0 Å². The lowest BCUT2D eigenvalue weighted by Crippen LogP contribution is -2.04. The van der Waals surface area contributed by atoms with E-state index >= 15 is 0 Å². The van der Waals surface area contributed by atoms with Crippen molar-refractivity contribution in [2.45, 2.75) is 0 Å². The fourth-order valence-corrected chi connectivity index (χ4v) is 16.5. The van der Waals surface area contributed by atoms with Gasteiger partial charge in [0.05, 0.1) is 38.8 Å². The summed E-state index contributed by atoms with van der Waals surface area (Å²) in [5.74, 6) is 1.83. The molecule has 13 aromatic carbocycles. The molecule has 0 aliphatic heterocycles. The normalized spacial score (nSPS) is 12.0. The minimum Gasteiger partial charge on any atom is -0.309 e. The Morgan fingerprint density at radius 3 is 1.10 bits per heavy atom. The van der Waals surface area contributed by atoms with E-state index in [0.29, 0.717) is 17.5 Å². The van der Waals surface area contributed by atoms with E-state index in [9.17, 15) is 0 Å². The van der Waals surface area contributed by atoms with E-state index in [0.717, 1.165) is 83.5 Å². The number of aromatic nitrogens is 6. The van der Waals surface area contributed by atoms with Crippen molar-refractivity contribution >= 4 is 128 Å². The predicted octanol–water partition coefficient (Wildman–Crippen LogP) is 22.2. The molecule has 0 saturated heterocycles. The molecule has 6 nitrogen and oxygen atoms in total. The van der Waals surface area contributed by atoms with Gasteiger partial charge in [-0.3, -0.25) is 0 Å². The first-order valence-electron chi connectivity index (χ1n) is 30.1. The molecular weight excluding hydrogens is 1120 g/mol. The Balaban J connectivity index is 0.905. The molecule has 6 aromatic heterocycles. The van der Waals surface area contributed by atoms with Crippen molar-refractivity contribution in [3.8, 4) is 73.5 Å². The minimum atomic E-state index is 0.593. The molecule has 0 N–H and O–H groups in total. The maximum Gasteiger partial charge on any atom is 0.164 e. The summed E-state index contributed by atoms with van der Waals surface area (Å²) in [6, 6.07) is 106. The average molecular weight is 1170 g/mol. The van der Waals surface area contributed by atoms with Crippen LogP contribution in [0.1, 0.15) is 0 Å². The van der Waals surface area contributed by atoms with Crippen molar-refractivity contribution in [2.75, 3.05) is 0 Å². The van der Waals surface area contributed by atoms with E-state index in [1.165, 1.54) is 78.3 Å². The fourth-order valence-electron chi connectivity index (χ4n) is 14.2. The van der Waals surface area contributed by atoms with Crippen LogP contribution in [0.25, 0.3) is 179 Å². The number of para-hydroxylation sites is 4. The Morgan fingerprint density at radius 1 is 0.236 bits per heavy atom. The molecule has 0 amide bonds. The third-order valence-corrected chi connectivity index (χ3v) is 20.3. The molecule has 6 heterocycles. The molecule has 8 heteroatoms. The molecule has 0 fully saturated rings. The van der Waals surface area contributed by atoms with Gasteiger partial charge in [-0.05, 0) is 96.1 Å². The second kappa shape index (κ2) is 19.6. The second-order valence-corrected chi connectivity index (χ2v) is 25.2. The Kier molecular flexibility index (Phi) is 11.0. The van der Waals surface area contributed by atoms with Crippen LogP contribution >= 0.6 is 22.7 Å². The van der Waals surface area contributed by atoms with Crippen LogP contribution in [0.5, 0.6) is 0 Å². The van der Waals surface area contributed by atoms with Crippen molar-refractivity contribution in [2.24, 2.45) is 0 Å². The van der Waals surface area contributed by atoms with E-state index in [2.05, 4.69) is 305 Å². The highest BCUT2D eigenvalue weighted by atomic mass is 32.1. The van der Waals surface area contributed by atoms with Gasteiger partial charge >= 0.3 is 0 Å². The van der Waals surface area contributed by atoms with Gasteiger partial charge in [-0.15, -0.1) is 22.7 Å². The lowest BCUT2D eigenvalue weighted by molar-refractivity contribution is 1.07. The largest absolute Gasteiger partial charge is 0.309 e. The zero-order valence-corrected chi connectivity index (χ0v) is 49.3. The summed E-state index contributed by atoms with van der Waals surface area (Å²) >= 11 is 3.61. The first-order valence-corrected chi connectivity index (χ1v) is 31.7. The second-order valence-electron chi connectivity index (χ2n) is 23.0. The molecule has 89 heavy (non-hydrogen) atoms. The average Bonchev–Trinajstić information content (AvgIpc) is 1.55. The maximum atomic E-state index is 5.55. The highest BCUT2D eigenvalue weighted by Crippen LogP contribution is 2.49. The molecule has 0 aliphatic rings. The van der Waals surface area contributed by atoms with Crippen molar-refractivity contribution < 1.29 is 0 Å². The van der Waals surface area contributed by atoms with Gasteiger partial charge in [0.2, 0.25) is 0 Å². The van der Waals surface area contributed by atoms with Gasteiger partial charge in [-0.2, -0.15) is 0 Å². The molecular formula is C81H48N6S2. The standard InChI is InChI=1S/C81H48N6S2/c1-5-21-49(22-6-1)64-45-53(81-83-79(51-37-39-58-56-29-15-19-35-70(56)88-72(58)47-51)82-80(84-81)52-38-40-59-57-30-16-20-36-71(57)89-73(59)48-52)46-65(50-23-7-2-8-24-50)76(64)87-67-34-18-14-32-63(67)75-69(87)44-42-61-60-41-43-68-74(77(60)86(78(61)75)55-27-11-4-12-28-55)62-31-13-17-33-66(62)85(68)54-25-9-3-10-26-54/h1-48H. The maximum absolute atomic E-state index is 5.55. The predicted molar refractivity (Wildman–Crippen MR) is 376 cm³/mol. The highest BCUT2D eigenvalue weighted by molar-refractivity contribution is 7.26. The van der Waals surface area contributed by atoms with Gasteiger partial charge in [-0.1, -0.05) is 206 Å². The SMILES string of the molecule is c1ccc(-c2cc(-c3nc(-c4ccc5c(c4)sc4ccccc45)nc(-c4ccc5c(c4)sc4ccccc45)n3)cc(-c3ccccc3)c2-n2c3ccccc3c3c2ccc2c4ccc5c(c6ccccc6n5-c5ccccc5)c4n(-c4ccccc4)c23)cc1. The summed E-state index contributed by atoms with van der Waals surface area (Å²) in [7, 11) is 0. The van der Waals surface area contributed by atoms with Crippen LogP contribution in [0.4, 0.5) is 0 Å². The monoisotopic (exact) mass is 1170 g/mol. The van der Waals surface area contributed by atoms with Crippen molar-refractivity contribution in [3.05, 3.63) is 291 Å². The molecule has 0 saturated carbocycles. The number of rotatable bonds is 8. The molecule has 0 spiro atoms. The summed E-state index contributed by atoms with van der Waals surface area (Å²) in [5.41, 5.74) is 17.2. The minimum absolute atomic E-state index is 0.593. The summed E-state index contributed by atoms with van der Waals surface area (Å²) in [4.78, 5) is 16.5. The van der Waals surface area contributed by atoms with Crippen molar-refractivity contribution in [1.29, 1.82) is 0 Å². The van der Waals surface area contributed by atoms with Crippen LogP contribution in [-0.4, -0.2) is 28.7 Å². The first-order chi connectivity index (χ1) is 44.1. The van der Waals surface area contributed by atoms with Crippen LogP contribution in [0.3, 0.4) is 0 Å². The highest BCUT2D eigenvalue weighted by Gasteiger charge is 2.28. The number of nitrogens with zero attached hydrogens (tertiary/aromatic N) is 6. The Bertz CT molecular complexity index is 5900. The van der Waals surface area contributed by atoms with Crippen LogP contribution in [-0.2, 0) is 0 Å². The quantitative estimate of drug-likeness (QED) is 0.152. The Labute approximate surface area is 518 Å². The van der Waals surface area contributed by atoms with Gasteiger partial charge in [0, 0.05) is 112 Å². The van der Waals surface area contributed by atoms with Crippen LogP contribution in [0, 0.1) is 0 Å². The van der Waals surface area contributed by atoms with Gasteiger partial charge in [0.1, 0.15) is 0 Å². The molecule has 0 unspecified atom stereocenters. The Morgan fingerprint density at radius 2 is 0.607 bits per heavy atom.